The zero-order valence-electron chi connectivity index (χ0n) is 8.42. The highest BCUT2D eigenvalue weighted by molar-refractivity contribution is 5.13. The zero-order valence-corrected chi connectivity index (χ0v) is 8.42. The minimum Gasteiger partial charge on any atom is -0.308 e. The van der Waals surface area contributed by atoms with E-state index in [-0.39, 0.29) is 5.69 Å². The predicted octanol–water partition coefficient (Wildman–Crippen LogP) is 2.32. The average Bonchev–Trinajstić information content (AvgIpc) is 2.31. The summed E-state index contributed by atoms with van der Waals surface area (Å²) in [6.45, 7) is 0.674. The van der Waals surface area contributed by atoms with E-state index in [2.05, 4.69) is 10.3 Å². The van der Waals surface area contributed by atoms with Crippen molar-refractivity contribution in [3.63, 3.8) is 0 Å². The smallest absolute Gasteiger partial charge is 0.304 e. The zero-order chi connectivity index (χ0) is 10.7. The lowest BCUT2D eigenvalue weighted by molar-refractivity contribution is -0.0550. The molecule has 0 amide bonds. The van der Waals surface area contributed by atoms with Crippen LogP contribution < -0.4 is 5.32 Å². The van der Waals surface area contributed by atoms with Crippen LogP contribution in [-0.2, 0) is 5.92 Å². The molecule has 2 nitrogen and oxygen atoms in total. The molecule has 4 heteroatoms. The molecule has 1 aromatic heterocycles. The van der Waals surface area contributed by atoms with E-state index in [9.17, 15) is 8.78 Å². The van der Waals surface area contributed by atoms with Crippen LogP contribution >= 0.6 is 0 Å². The van der Waals surface area contributed by atoms with Gasteiger partial charge in [-0.1, -0.05) is 12.5 Å². The van der Waals surface area contributed by atoms with Gasteiger partial charge in [-0.15, -0.1) is 0 Å². The molecule has 0 aliphatic carbocycles. The molecule has 0 radical (unpaired) electrons. The summed E-state index contributed by atoms with van der Waals surface area (Å²) < 4.78 is 27.8. The van der Waals surface area contributed by atoms with Crippen LogP contribution in [0.1, 0.15) is 25.0 Å². The van der Waals surface area contributed by atoms with E-state index in [1.807, 2.05) is 0 Å². The van der Waals surface area contributed by atoms with E-state index >= 15 is 0 Å². The van der Waals surface area contributed by atoms with Crippen LogP contribution in [0.2, 0.25) is 0 Å². The molecule has 1 saturated heterocycles. The lowest BCUT2D eigenvalue weighted by Gasteiger charge is -2.30. The Labute approximate surface area is 87.7 Å². The molecule has 0 spiro atoms. The van der Waals surface area contributed by atoms with E-state index in [0.717, 1.165) is 12.8 Å². The number of nitrogens with one attached hydrogen (secondary N) is 1. The van der Waals surface area contributed by atoms with Crippen LogP contribution in [0.5, 0.6) is 0 Å². The van der Waals surface area contributed by atoms with Gasteiger partial charge < -0.3 is 5.32 Å². The van der Waals surface area contributed by atoms with E-state index in [1.54, 1.807) is 12.1 Å². The molecular formula is C11H14F2N2. The highest BCUT2D eigenvalue weighted by atomic mass is 19.3. The SMILES string of the molecule is FC(F)(c1ccccn1)C1CCCCN1. The fourth-order valence-corrected chi connectivity index (χ4v) is 1.90. The molecule has 1 atom stereocenters. The van der Waals surface area contributed by atoms with Gasteiger partial charge in [-0.3, -0.25) is 4.98 Å². The first kappa shape index (κ1) is 10.5. The first-order chi connectivity index (χ1) is 7.21. The van der Waals surface area contributed by atoms with Crippen LogP contribution in [0, 0.1) is 0 Å². The van der Waals surface area contributed by atoms with Crippen molar-refractivity contribution in [2.24, 2.45) is 0 Å². The summed E-state index contributed by atoms with van der Waals surface area (Å²) in [6, 6.07) is 3.87. The van der Waals surface area contributed by atoms with Gasteiger partial charge in [0, 0.05) is 6.20 Å². The maximum Gasteiger partial charge on any atom is 0.304 e. The van der Waals surface area contributed by atoms with Gasteiger partial charge in [0.2, 0.25) is 0 Å². The van der Waals surface area contributed by atoms with E-state index in [4.69, 9.17) is 0 Å². The van der Waals surface area contributed by atoms with Crippen molar-refractivity contribution >= 4 is 0 Å². The minimum atomic E-state index is -2.86. The summed E-state index contributed by atoms with van der Waals surface area (Å²) in [5.74, 6) is -2.86. The Hall–Kier alpha value is -1.03. The maximum atomic E-state index is 13.9. The number of nitrogens with zero attached hydrogens (tertiary/aromatic N) is 1. The summed E-state index contributed by atoms with van der Waals surface area (Å²) in [7, 11) is 0. The molecule has 1 aliphatic heterocycles. The Balaban J connectivity index is 2.18. The third kappa shape index (κ3) is 2.15. The van der Waals surface area contributed by atoms with Crippen molar-refractivity contribution in [1.29, 1.82) is 0 Å². The number of aromatic nitrogens is 1. The van der Waals surface area contributed by atoms with Crippen LogP contribution in [0.4, 0.5) is 8.78 Å². The Morgan fingerprint density at radius 2 is 2.20 bits per heavy atom. The molecule has 0 bridgehead atoms. The van der Waals surface area contributed by atoms with Crippen molar-refractivity contribution in [2.75, 3.05) is 6.54 Å². The highest BCUT2D eigenvalue weighted by Crippen LogP contribution is 2.33. The fraction of sp³-hybridized carbons (Fsp3) is 0.545. The summed E-state index contributed by atoms with van der Waals surface area (Å²) in [5, 5.41) is 2.87. The van der Waals surface area contributed by atoms with Crippen LogP contribution in [-0.4, -0.2) is 17.6 Å². The molecule has 1 N–H and O–H groups in total. The van der Waals surface area contributed by atoms with Gasteiger partial charge in [-0.2, -0.15) is 8.78 Å². The number of alkyl halides is 2. The fourth-order valence-electron chi connectivity index (χ4n) is 1.90. The topological polar surface area (TPSA) is 24.9 Å². The molecule has 0 aromatic carbocycles. The summed E-state index contributed by atoms with van der Waals surface area (Å²) in [4.78, 5) is 3.74. The van der Waals surface area contributed by atoms with Gasteiger partial charge in [0.25, 0.3) is 0 Å². The van der Waals surface area contributed by atoms with Gasteiger partial charge in [0.1, 0.15) is 5.69 Å². The average molecular weight is 212 g/mol. The Morgan fingerprint density at radius 1 is 1.33 bits per heavy atom. The Kier molecular flexibility index (Phi) is 2.95. The standard InChI is InChI=1S/C11H14F2N2/c12-11(13,9-5-1-3-7-14-9)10-6-2-4-8-15-10/h1,3,5,7,10,15H,2,4,6,8H2. The third-order valence-electron chi connectivity index (χ3n) is 2.75. The summed E-state index contributed by atoms with van der Waals surface area (Å²) in [6.07, 6.45) is 3.77. The molecule has 0 saturated carbocycles. The van der Waals surface area contributed by atoms with Gasteiger partial charge in [0.05, 0.1) is 6.04 Å². The van der Waals surface area contributed by atoms with Gasteiger partial charge >= 0.3 is 5.92 Å². The molecule has 2 rings (SSSR count). The quantitative estimate of drug-likeness (QED) is 0.813. The lowest BCUT2D eigenvalue weighted by atomic mass is 9.97. The van der Waals surface area contributed by atoms with Crippen LogP contribution in [0.25, 0.3) is 0 Å². The number of piperidine rings is 1. The molecule has 1 fully saturated rings. The maximum absolute atomic E-state index is 13.9. The summed E-state index contributed by atoms with van der Waals surface area (Å²) in [5.41, 5.74) is -0.135. The number of hydrogen-bond acceptors (Lipinski definition) is 2. The minimum absolute atomic E-state index is 0.135. The van der Waals surface area contributed by atoms with Crippen molar-refractivity contribution in [3.8, 4) is 0 Å². The second-order valence-corrected chi connectivity index (χ2v) is 3.84. The van der Waals surface area contributed by atoms with Gasteiger partial charge in [0.15, 0.2) is 0 Å². The first-order valence-corrected chi connectivity index (χ1v) is 5.24. The van der Waals surface area contributed by atoms with Crippen molar-refractivity contribution in [1.82, 2.24) is 10.3 Å². The molecule has 82 valence electrons. The van der Waals surface area contributed by atoms with Crippen molar-refractivity contribution in [3.05, 3.63) is 30.1 Å². The van der Waals surface area contributed by atoms with Crippen LogP contribution in [0.15, 0.2) is 24.4 Å². The molecule has 1 aliphatic rings. The van der Waals surface area contributed by atoms with Gasteiger partial charge in [-0.05, 0) is 31.5 Å². The molecule has 1 unspecified atom stereocenters. The van der Waals surface area contributed by atoms with Gasteiger partial charge in [-0.25, -0.2) is 0 Å². The molecule has 15 heavy (non-hydrogen) atoms. The monoisotopic (exact) mass is 212 g/mol. The number of rotatable bonds is 2. The third-order valence-corrected chi connectivity index (χ3v) is 2.75. The van der Waals surface area contributed by atoms with E-state index in [1.165, 1.54) is 12.3 Å². The molecule has 1 aromatic rings. The highest BCUT2D eigenvalue weighted by Gasteiger charge is 2.42. The largest absolute Gasteiger partial charge is 0.308 e. The predicted molar refractivity (Wildman–Crippen MR) is 53.8 cm³/mol. The lowest BCUT2D eigenvalue weighted by Crippen LogP contribution is -2.46. The van der Waals surface area contributed by atoms with Crippen LogP contribution in [0.3, 0.4) is 0 Å². The molecule has 2 heterocycles. The number of hydrogen-bond donors (Lipinski definition) is 1. The normalized spacial score (nSPS) is 22.7. The molecular weight excluding hydrogens is 198 g/mol. The number of halogens is 2. The summed E-state index contributed by atoms with van der Waals surface area (Å²) >= 11 is 0. The number of pyridine rings is 1. The van der Waals surface area contributed by atoms with Crippen molar-refractivity contribution in [2.45, 2.75) is 31.2 Å². The van der Waals surface area contributed by atoms with Crippen molar-refractivity contribution < 1.29 is 8.78 Å². The van der Waals surface area contributed by atoms with E-state index < -0.39 is 12.0 Å². The first-order valence-electron chi connectivity index (χ1n) is 5.24. The second kappa shape index (κ2) is 4.23. The Morgan fingerprint density at radius 3 is 2.80 bits per heavy atom. The second-order valence-electron chi connectivity index (χ2n) is 3.84. The van der Waals surface area contributed by atoms with E-state index in [0.29, 0.717) is 13.0 Å². The Bertz CT molecular complexity index is 308.